The zero-order chi connectivity index (χ0) is 17.3. The molecule has 1 aromatic heterocycles. The third-order valence-electron chi connectivity index (χ3n) is 3.44. The molecule has 0 saturated heterocycles. The molecule has 1 heterocycles. The molecular formula is C20H17FN2O2. The zero-order valence-electron chi connectivity index (χ0n) is 13.5. The van der Waals surface area contributed by atoms with E-state index >= 15 is 0 Å². The van der Waals surface area contributed by atoms with Gasteiger partial charge in [-0.2, -0.15) is 0 Å². The summed E-state index contributed by atoms with van der Waals surface area (Å²) in [7, 11) is 0. The summed E-state index contributed by atoms with van der Waals surface area (Å²) in [5, 5.41) is 3.94. The molecule has 126 valence electrons. The molecule has 0 bridgehead atoms. The molecule has 0 aliphatic carbocycles. The number of ether oxygens (including phenoxy) is 1. The fourth-order valence-electron chi connectivity index (χ4n) is 2.15. The first kappa shape index (κ1) is 16.6. The van der Waals surface area contributed by atoms with Crippen molar-refractivity contribution >= 4 is 6.21 Å². The molecule has 0 amide bonds. The Morgan fingerprint density at radius 2 is 1.92 bits per heavy atom. The van der Waals surface area contributed by atoms with Gasteiger partial charge in [0.25, 0.3) is 0 Å². The minimum atomic E-state index is -0.274. The number of oxime groups is 1. The van der Waals surface area contributed by atoms with Gasteiger partial charge in [-0.1, -0.05) is 41.6 Å². The molecule has 0 fully saturated rings. The van der Waals surface area contributed by atoms with Gasteiger partial charge in [0, 0.05) is 23.5 Å². The minimum Gasteiger partial charge on any atom is -0.489 e. The molecule has 4 nitrogen and oxygen atoms in total. The van der Waals surface area contributed by atoms with Gasteiger partial charge in [0.2, 0.25) is 0 Å². The van der Waals surface area contributed by atoms with Crippen LogP contribution in [0.1, 0.15) is 16.7 Å². The van der Waals surface area contributed by atoms with E-state index < -0.39 is 0 Å². The summed E-state index contributed by atoms with van der Waals surface area (Å²) in [5.41, 5.74) is 2.29. The van der Waals surface area contributed by atoms with Gasteiger partial charge in [0.15, 0.2) is 0 Å². The Labute approximate surface area is 145 Å². The van der Waals surface area contributed by atoms with Gasteiger partial charge in [-0.3, -0.25) is 4.98 Å². The Hall–Kier alpha value is -3.21. The maximum absolute atomic E-state index is 13.6. The quantitative estimate of drug-likeness (QED) is 0.476. The fourth-order valence-corrected chi connectivity index (χ4v) is 2.15. The van der Waals surface area contributed by atoms with Crippen molar-refractivity contribution in [2.24, 2.45) is 5.16 Å². The van der Waals surface area contributed by atoms with Crippen LogP contribution in [0.4, 0.5) is 4.39 Å². The van der Waals surface area contributed by atoms with E-state index in [0.717, 1.165) is 11.1 Å². The van der Waals surface area contributed by atoms with Gasteiger partial charge in [-0.05, 0) is 29.8 Å². The second-order valence-electron chi connectivity index (χ2n) is 5.32. The second-order valence-corrected chi connectivity index (χ2v) is 5.32. The molecule has 0 spiro atoms. The molecule has 0 saturated carbocycles. The van der Waals surface area contributed by atoms with Crippen LogP contribution in [0.3, 0.4) is 0 Å². The van der Waals surface area contributed by atoms with E-state index in [4.69, 9.17) is 9.57 Å². The highest BCUT2D eigenvalue weighted by molar-refractivity contribution is 5.79. The summed E-state index contributed by atoms with van der Waals surface area (Å²) in [6.07, 6.45) is 5.04. The molecule has 0 N–H and O–H groups in total. The number of rotatable bonds is 7. The van der Waals surface area contributed by atoms with Crippen molar-refractivity contribution in [1.82, 2.24) is 4.98 Å². The summed E-state index contributed by atoms with van der Waals surface area (Å²) < 4.78 is 19.2. The highest BCUT2D eigenvalue weighted by atomic mass is 19.1. The number of hydrogen-bond donors (Lipinski definition) is 0. The molecular weight excluding hydrogens is 319 g/mol. The lowest BCUT2D eigenvalue weighted by Gasteiger charge is -2.07. The van der Waals surface area contributed by atoms with Crippen molar-refractivity contribution in [2.75, 3.05) is 0 Å². The summed E-state index contributed by atoms with van der Waals surface area (Å²) >= 11 is 0. The second kappa shape index (κ2) is 8.59. The molecule has 0 aliphatic rings. The first-order valence-corrected chi connectivity index (χ1v) is 7.82. The topological polar surface area (TPSA) is 43.7 Å². The van der Waals surface area contributed by atoms with Crippen LogP contribution in [0.15, 0.2) is 78.2 Å². The normalized spacial score (nSPS) is 10.8. The zero-order valence-corrected chi connectivity index (χ0v) is 13.5. The lowest BCUT2D eigenvalue weighted by atomic mass is 10.2. The number of pyridine rings is 1. The fraction of sp³-hybridized carbons (Fsp3) is 0.100. The highest BCUT2D eigenvalue weighted by Gasteiger charge is 2.02. The Morgan fingerprint density at radius 1 is 1.00 bits per heavy atom. The standard InChI is InChI=1S/C20H17FN2O2/c21-20-9-2-1-7-18(20)15-24-19-8-3-5-16(11-19)13-23-25-14-17-6-4-10-22-12-17/h1-13H,14-15H2/b23-13+. The van der Waals surface area contributed by atoms with Crippen molar-refractivity contribution in [3.05, 3.63) is 95.6 Å². The Balaban J connectivity index is 1.54. The maximum atomic E-state index is 13.6. The first-order chi connectivity index (χ1) is 12.3. The van der Waals surface area contributed by atoms with Crippen molar-refractivity contribution in [2.45, 2.75) is 13.2 Å². The smallest absolute Gasteiger partial charge is 0.143 e. The molecule has 25 heavy (non-hydrogen) atoms. The summed E-state index contributed by atoms with van der Waals surface area (Å²) in [6.45, 7) is 0.526. The number of benzene rings is 2. The number of hydrogen-bond acceptors (Lipinski definition) is 4. The molecule has 0 atom stereocenters. The minimum absolute atomic E-state index is 0.171. The Morgan fingerprint density at radius 3 is 2.76 bits per heavy atom. The largest absolute Gasteiger partial charge is 0.489 e. The lowest BCUT2D eigenvalue weighted by molar-refractivity contribution is 0.132. The van der Waals surface area contributed by atoms with E-state index in [-0.39, 0.29) is 12.4 Å². The van der Waals surface area contributed by atoms with E-state index in [9.17, 15) is 4.39 Å². The number of halogens is 1. The van der Waals surface area contributed by atoms with Crippen LogP contribution in [0, 0.1) is 5.82 Å². The van der Waals surface area contributed by atoms with Gasteiger partial charge in [-0.25, -0.2) is 4.39 Å². The van der Waals surface area contributed by atoms with Crippen molar-refractivity contribution in [3.63, 3.8) is 0 Å². The van der Waals surface area contributed by atoms with E-state index in [1.807, 2.05) is 36.4 Å². The lowest BCUT2D eigenvalue weighted by Crippen LogP contribution is -1.98. The van der Waals surface area contributed by atoms with Crippen molar-refractivity contribution in [1.29, 1.82) is 0 Å². The van der Waals surface area contributed by atoms with Crippen LogP contribution < -0.4 is 4.74 Å². The van der Waals surface area contributed by atoms with E-state index in [0.29, 0.717) is 17.9 Å². The van der Waals surface area contributed by atoms with Crippen LogP contribution in [-0.4, -0.2) is 11.2 Å². The molecule has 3 rings (SSSR count). The van der Waals surface area contributed by atoms with E-state index in [2.05, 4.69) is 10.1 Å². The van der Waals surface area contributed by atoms with Gasteiger partial charge >= 0.3 is 0 Å². The summed E-state index contributed by atoms with van der Waals surface area (Å²) in [6, 6.07) is 17.7. The Kier molecular flexibility index (Phi) is 5.72. The SMILES string of the molecule is Fc1ccccc1COc1cccc(/C=N/OCc2cccnc2)c1. The average Bonchev–Trinajstić information content (AvgIpc) is 2.66. The number of aromatic nitrogens is 1. The van der Waals surface area contributed by atoms with Crippen molar-refractivity contribution < 1.29 is 14.0 Å². The summed E-state index contributed by atoms with van der Waals surface area (Å²) in [4.78, 5) is 9.26. The highest BCUT2D eigenvalue weighted by Crippen LogP contribution is 2.15. The molecule has 3 aromatic rings. The van der Waals surface area contributed by atoms with Gasteiger partial charge in [0.1, 0.15) is 24.8 Å². The van der Waals surface area contributed by atoms with E-state index in [1.165, 1.54) is 6.07 Å². The third-order valence-corrected chi connectivity index (χ3v) is 3.44. The Bertz CT molecular complexity index is 838. The maximum Gasteiger partial charge on any atom is 0.143 e. The predicted molar refractivity (Wildman–Crippen MR) is 93.8 cm³/mol. The molecule has 0 unspecified atom stereocenters. The van der Waals surface area contributed by atoms with Crippen LogP contribution in [-0.2, 0) is 18.1 Å². The van der Waals surface area contributed by atoms with Crippen LogP contribution in [0.5, 0.6) is 5.75 Å². The van der Waals surface area contributed by atoms with Gasteiger partial charge < -0.3 is 9.57 Å². The predicted octanol–water partition coefficient (Wildman–Crippen LogP) is 4.35. The number of nitrogens with zero attached hydrogens (tertiary/aromatic N) is 2. The van der Waals surface area contributed by atoms with E-state index in [1.54, 1.807) is 36.8 Å². The molecule has 5 heteroatoms. The average molecular weight is 336 g/mol. The first-order valence-electron chi connectivity index (χ1n) is 7.82. The molecule has 2 aromatic carbocycles. The van der Waals surface area contributed by atoms with Gasteiger partial charge in [-0.15, -0.1) is 0 Å². The van der Waals surface area contributed by atoms with Crippen LogP contribution >= 0.6 is 0 Å². The summed E-state index contributed by atoms with van der Waals surface area (Å²) in [5.74, 6) is 0.364. The van der Waals surface area contributed by atoms with Crippen LogP contribution in [0.2, 0.25) is 0 Å². The monoisotopic (exact) mass is 336 g/mol. The third kappa shape index (κ3) is 5.14. The molecule has 0 radical (unpaired) electrons. The molecule has 0 aliphatic heterocycles. The van der Waals surface area contributed by atoms with Gasteiger partial charge in [0.05, 0.1) is 6.21 Å². The van der Waals surface area contributed by atoms with Crippen LogP contribution in [0.25, 0.3) is 0 Å². The van der Waals surface area contributed by atoms with Crippen molar-refractivity contribution in [3.8, 4) is 5.75 Å².